The molecule has 0 radical (unpaired) electrons. The Balaban J connectivity index is 2.43. The first-order valence-corrected chi connectivity index (χ1v) is 6.40. The van der Waals surface area contributed by atoms with Gasteiger partial charge in [0, 0.05) is 5.56 Å². The number of ether oxygens (including phenoxy) is 1. The summed E-state index contributed by atoms with van der Waals surface area (Å²) in [6, 6.07) is 8.77. The van der Waals surface area contributed by atoms with E-state index in [2.05, 4.69) is 5.32 Å². The van der Waals surface area contributed by atoms with Crippen LogP contribution in [0, 0.1) is 11.6 Å². The van der Waals surface area contributed by atoms with Gasteiger partial charge in [0.05, 0.1) is 18.2 Å². The van der Waals surface area contributed by atoms with Crippen LogP contribution in [-0.4, -0.2) is 14.2 Å². The van der Waals surface area contributed by atoms with Gasteiger partial charge in [0.1, 0.15) is 17.4 Å². The fourth-order valence-electron chi connectivity index (χ4n) is 2.06. The molecule has 0 aliphatic rings. The van der Waals surface area contributed by atoms with Crippen LogP contribution in [0.3, 0.4) is 0 Å². The fourth-order valence-corrected chi connectivity index (χ4v) is 2.21. The summed E-state index contributed by atoms with van der Waals surface area (Å²) in [5.74, 6) is -0.491. The van der Waals surface area contributed by atoms with Crippen molar-refractivity contribution in [3.8, 4) is 5.75 Å². The number of rotatable bonds is 4. The van der Waals surface area contributed by atoms with E-state index in [1.165, 1.54) is 0 Å². The van der Waals surface area contributed by atoms with Gasteiger partial charge in [-0.2, -0.15) is 0 Å². The summed E-state index contributed by atoms with van der Waals surface area (Å²) >= 11 is 5.57. The number of methoxy groups -OCH3 is 1. The van der Waals surface area contributed by atoms with Crippen LogP contribution in [0.5, 0.6) is 5.75 Å². The van der Waals surface area contributed by atoms with Crippen molar-refractivity contribution in [1.29, 1.82) is 0 Å². The molecule has 0 saturated heterocycles. The highest BCUT2D eigenvalue weighted by Crippen LogP contribution is 2.29. The molecule has 0 aliphatic heterocycles. The van der Waals surface area contributed by atoms with Crippen molar-refractivity contribution in [2.75, 3.05) is 14.2 Å². The zero-order valence-corrected chi connectivity index (χ0v) is 11.8. The molecule has 2 nitrogen and oxygen atoms in total. The van der Waals surface area contributed by atoms with Gasteiger partial charge in [-0.25, -0.2) is 8.78 Å². The molecule has 1 atom stereocenters. The highest BCUT2D eigenvalue weighted by molar-refractivity contribution is 6.30. The molecule has 5 heteroatoms. The Morgan fingerprint density at radius 2 is 1.75 bits per heavy atom. The molecule has 0 amide bonds. The van der Waals surface area contributed by atoms with Crippen molar-refractivity contribution >= 4 is 11.6 Å². The summed E-state index contributed by atoms with van der Waals surface area (Å²) in [5, 5.41) is 2.74. The van der Waals surface area contributed by atoms with Gasteiger partial charge in [0.25, 0.3) is 0 Å². The van der Waals surface area contributed by atoms with Crippen LogP contribution in [0.1, 0.15) is 17.2 Å². The quantitative estimate of drug-likeness (QED) is 0.863. The van der Waals surface area contributed by atoms with E-state index in [4.69, 9.17) is 16.3 Å². The highest BCUT2D eigenvalue weighted by atomic mass is 35.5. The maximum atomic E-state index is 14.0. The molecule has 1 N–H and O–H groups in total. The third-order valence-corrected chi connectivity index (χ3v) is 3.38. The topological polar surface area (TPSA) is 21.3 Å². The van der Waals surface area contributed by atoms with Gasteiger partial charge in [0.15, 0.2) is 0 Å². The minimum Gasteiger partial charge on any atom is -0.497 e. The van der Waals surface area contributed by atoms with Gasteiger partial charge >= 0.3 is 0 Å². The lowest BCUT2D eigenvalue weighted by Gasteiger charge is -2.18. The first-order valence-electron chi connectivity index (χ1n) is 6.02. The summed E-state index contributed by atoms with van der Waals surface area (Å²) in [7, 11) is 3.25. The second kappa shape index (κ2) is 6.20. The van der Waals surface area contributed by atoms with Gasteiger partial charge in [-0.15, -0.1) is 0 Å². The zero-order valence-electron chi connectivity index (χ0n) is 11.1. The second-order valence-electron chi connectivity index (χ2n) is 4.28. The van der Waals surface area contributed by atoms with E-state index in [9.17, 15) is 8.78 Å². The Morgan fingerprint density at radius 3 is 2.30 bits per heavy atom. The standard InChI is InChI=1S/C15H14ClF2NO/c1-19-15(9-3-5-10(20-2)6-4-9)11-7-14(18)12(16)8-13(11)17/h3-8,15,19H,1-2H3. The van der Waals surface area contributed by atoms with Gasteiger partial charge in [-0.05, 0) is 36.9 Å². The van der Waals surface area contributed by atoms with Crippen LogP contribution < -0.4 is 10.1 Å². The zero-order chi connectivity index (χ0) is 14.7. The first-order chi connectivity index (χ1) is 9.56. The molecule has 1 unspecified atom stereocenters. The molecule has 0 heterocycles. The highest BCUT2D eigenvalue weighted by Gasteiger charge is 2.18. The van der Waals surface area contributed by atoms with Gasteiger partial charge in [-0.3, -0.25) is 0 Å². The van der Waals surface area contributed by atoms with Crippen LogP contribution in [0.2, 0.25) is 5.02 Å². The summed E-state index contributed by atoms with van der Waals surface area (Å²) in [6.07, 6.45) is 0. The molecule has 20 heavy (non-hydrogen) atoms. The average molecular weight is 298 g/mol. The number of benzene rings is 2. The molecule has 2 aromatic rings. The van der Waals surface area contributed by atoms with Crippen LogP contribution in [0.4, 0.5) is 8.78 Å². The van der Waals surface area contributed by atoms with Crippen molar-refractivity contribution in [1.82, 2.24) is 5.32 Å². The largest absolute Gasteiger partial charge is 0.497 e. The normalized spacial score (nSPS) is 12.2. The van der Waals surface area contributed by atoms with E-state index in [1.54, 1.807) is 38.4 Å². The Labute approximate surface area is 121 Å². The minimum absolute atomic E-state index is 0.208. The molecule has 0 aliphatic carbocycles. The molecule has 0 saturated carbocycles. The Kier molecular flexibility index (Phi) is 4.57. The Hall–Kier alpha value is -1.65. The Morgan fingerprint density at radius 1 is 1.10 bits per heavy atom. The van der Waals surface area contributed by atoms with Crippen molar-refractivity contribution in [2.24, 2.45) is 0 Å². The predicted octanol–water partition coefficient (Wildman–Crippen LogP) is 3.94. The number of halogens is 3. The molecule has 0 fully saturated rings. The molecule has 0 aromatic heterocycles. The molecular weight excluding hydrogens is 284 g/mol. The summed E-state index contributed by atoms with van der Waals surface area (Å²) in [5.41, 5.74) is 1.01. The van der Waals surface area contributed by atoms with Crippen LogP contribution in [0.25, 0.3) is 0 Å². The van der Waals surface area contributed by atoms with Gasteiger partial charge in [0.2, 0.25) is 0 Å². The van der Waals surface area contributed by atoms with Gasteiger partial charge in [-0.1, -0.05) is 23.7 Å². The smallest absolute Gasteiger partial charge is 0.142 e. The van der Waals surface area contributed by atoms with Gasteiger partial charge < -0.3 is 10.1 Å². The van der Waals surface area contributed by atoms with Crippen LogP contribution >= 0.6 is 11.6 Å². The van der Waals surface area contributed by atoms with Crippen molar-refractivity contribution < 1.29 is 13.5 Å². The molecule has 2 aromatic carbocycles. The van der Waals surface area contributed by atoms with E-state index in [0.717, 1.165) is 17.7 Å². The maximum absolute atomic E-state index is 14.0. The maximum Gasteiger partial charge on any atom is 0.142 e. The number of hydrogen-bond acceptors (Lipinski definition) is 2. The van der Waals surface area contributed by atoms with E-state index in [-0.39, 0.29) is 10.6 Å². The lowest BCUT2D eigenvalue weighted by molar-refractivity contribution is 0.414. The van der Waals surface area contributed by atoms with Crippen LogP contribution in [0.15, 0.2) is 36.4 Å². The number of nitrogens with one attached hydrogen (secondary N) is 1. The summed E-state index contributed by atoms with van der Waals surface area (Å²) < 4.78 is 32.6. The van der Waals surface area contributed by atoms with E-state index >= 15 is 0 Å². The number of hydrogen-bond donors (Lipinski definition) is 1. The third-order valence-electron chi connectivity index (χ3n) is 3.09. The monoisotopic (exact) mass is 297 g/mol. The lowest BCUT2D eigenvalue weighted by Crippen LogP contribution is -2.19. The summed E-state index contributed by atoms with van der Waals surface area (Å²) in [6.45, 7) is 0. The molecular formula is C15H14ClF2NO. The third kappa shape index (κ3) is 2.92. The molecule has 0 spiro atoms. The summed E-state index contributed by atoms with van der Waals surface area (Å²) in [4.78, 5) is 0. The van der Waals surface area contributed by atoms with E-state index in [0.29, 0.717) is 5.75 Å². The minimum atomic E-state index is -0.642. The molecule has 106 valence electrons. The van der Waals surface area contributed by atoms with Crippen molar-refractivity contribution in [2.45, 2.75) is 6.04 Å². The van der Waals surface area contributed by atoms with Crippen LogP contribution in [-0.2, 0) is 0 Å². The molecule has 0 bridgehead atoms. The average Bonchev–Trinajstić information content (AvgIpc) is 2.46. The lowest BCUT2D eigenvalue weighted by atomic mass is 9.98. The van der Waals surface area contributed by atoms with E-state index < -0.39 is 17.7 Å². The fraction of sp³-hybridized carbons (Fsp3) is 0.200. The van der Waals surface area contributed by atoms with Crippen molar-refractivity contribution in [3.63, 3.8) is 0 Å². The predicted molar refractivity (Wildman–Crippen MR) is 75.3 cm³/mol. The van der Waals surface area contributed by atoms with E-state index in [1.807, 2.05) is 0 Å². The molecule has 2 rings (SSSR count). The van der Waals surface area contributed by atoms with Crippen molar-refractivity contribution in [3.05, 3.63) is 64.2 Å². The second-order valence-corrected chi connectivity index (χ2v) is 4.69. The first kappa shape index (κ1) is 14.8. The Bertz CT molecular complexity index is 602. The SMILES string of the molecule is CNC(c1ccc(OC)cc1)c1cc(F)c(Cl)cc1F.